The standard InChI is InChI=1S/C8H5ClF3NO4/c9-2-3-6(7(15)16)4(14)1-5(13-3)17-8(10,11)12/h1H,2H2,(H,13,14)(H,15,16). The van der Waals surface area contributed by atoms with Crippen LogP contribution in [0.4, 0.5) is 13.2 Å². The van der Waals surface area contributed by atoms with Crippen molar-refractivity contribution in [2.24, 2.45) is 0 Å². The Labute approximate surface area is 96.8 Å². The average molecular weight is 272 g/mol. The van der Waals surface area contributed by atoms with Crippen molar-refractivity contribution < 1.29 is 27.8 Å². The number of rotatable bonds is 3. The minimum atomic E-state index is -4.99. The van der Waals surface area contributed by atoms with E-state index in [0.717, 1.165) is 0 Å². The zero-order chi connectivity index (χ0) is 13.2. The van der Waals surface area contributed by atoms with Crippen LogP contribution in [0.5, 0.6) is 5.88 Å². The van der Waals surface area contributed by atoms with Gasteiger partial charge in [0.05, 0.1) is 11.6 Å². The predicted molar refractivity (Wildman–Crippen MR) is 50.3 cm³/mol. The molecule has 1 aromatic rings. The van der Waals surface area contributed by atoms with Crippen LogP contribution < -0.4 is 10.2 Å². The van der Waals surface area contributed by atoms with E-state index < -0.39 is 35.1 Å². The van der Waals surface area contributed by atoms with E-state index in [1.54, 1.807) is 0 Å². The molecule has 0 saturated carbocycles. The molecule has 0 bridgehead atoms. The summed E-state index contributed by atoms with van der Waals surface area (Å²) in [5.74, 6) is -2.96. The van der Waals surface area contributed by atoms with Gasteiger partial charge >= 0.3 is 12.3 Å². The molecule has 0 atom stereocenters. The van der Waals surface area contributed by atoms with Crippen LogP contribution >= 0.6 is 11.6 Å². The van der Waals surface area contributed by atoms with Gasteiger partial charge in [-0.15, -0.1) is 24.8 Å². The molecule has 0 aliphatic carbocycles. The van der Waals surface area contributed by atoms with Crippen LogP contribution in [-0.4, -0.2) is 22.4 Å². The quantitative estimate of drug-likeness (QED) is 0.820. The van der Waals surface area contributed by atoms with Gasteiger partial charge in [0, 0.05) is 6.07 Å². The minimum absolute atomic E-state index is 0.356. The highest BCUT2D eigenvalue weighted by Crippen LogP contribution is 2.21. The number of hydrogen-bond acceptors (Lipinski definition) is 3. The third-order valence-corrected chi connectivity index (χ3v) is 1.92. The number of hydrogen-bond donors (Lipinski definition) is 2. The molecule has 1 aromatic heterocycles. The summed E-state index contributed by atoms with van der Waals surface area (Å²) in [6, 6.07) is 0.396. The highest BCUT2D eigenvalue weighted by atomic mass is 35.5. The van der Waals surface area contributed by atoms with Gasteiger partial charge in [-0.2, -0.15) is 0 Å². The second kappa shape index (κ2) is 4.66. The smallest absolute Gasteiger partial charge is 0.477 e. The summed E-state index contributed by atoms with van der Waals surface area (Å²) in [7, 11) is 0. The Bertz CT molecular complexity index is 497. The molecule has 1 rings (SSSR count). The van der Waals surface area contributed by atoms with E-state index in [0.29, 0.717) is 6.07 Å². The molecule has 0 saturated heterocycles. The Kier molecular flexibility index (Phi) is 3.66. The number of halogens is 4. The monoisotopic (exact) mass is 271 g/mol. The normalized spacial score (nSPS) is 11.3. The first-order valence-electron chi connectivity index (χ1n) is 4.06. The van der Waals surface area contributed by atoms with E-state index in [1.165, 1.54) is 0 Å². The number of aromatic amines is 1. The molecule has 0 radical (unpaired) electrons. The molecule has 2 N–H and O–H groups in total. The van der Waals surface area contributed by atoms with Gasteiger partial charge < -0.3 is 14.8 Å². The maximum Gasteiger partial charge on any atom is 0.574 e. The van der Waals surface area contributed by atoms with Crippen LogP contribution in [0.3, 0.4) is 0 Å². The molecule has 0 unspecified atom stereocenters. The van der Waals surface area contributed by atoms with E-state index >= 15 is 0 Å². The number of nitrogens with one attached hydrogen (secondary N) is 1. The Morgan fingerprint density at radius 2 is 2.12 bits per heavy atom. The highest BCUT2D eigenvalue weighted by Gasteiger charge is 2.32. The van der Waals surface area contributed by atoms with Gasteiger partial charge in [-0.1, -0.05) is 0 Å². The molecule has 0 fully saturated rings. The molecule has 0 spiro atoms. The van der Waals surface area contributed by atoms with Crippen LogP contribution in [0.25, 0.3) is 0 Å². The van der Waals surface area contributed by atoms with Gasteiger partial charge in [0.1, 0.15) is 5.56 Å². The van der Waals surface area contributed by atoms with Gasteiger partial charge in [0.2, 0.25) is 5.88 Å². The van der Waals surface area contributed by atoms with Crippen LogP contribution in [0.15, 0.2) is 10.9 Å². The lowest BCUT2D eigenvalue weighted by Gasteiger charge is -2.10. The molecule has 5 nitrogen and oxygen atoms in total. The third-order valence-electron chi connectivity index (χ3n) is 1.66. The number of aromatic carboxylic acids is 1. The van der Waals surface area contributed by atoms with Crippen molar-refractivity contribution in [1.29, 1.82) is 0 Å². The fourth-order valence-corrected chi connectivity index (χ4v) is 1.30. The van der Waals surface area contributed by atoms with Crippen LogP contribution in [0.2, 0.25) is 0 Å². The fourth-order valence-electron chi connectivity index (χ4n) is 1.10. The van der Waals surface area contributed by atoms with E-state index in [4.69, 9.17) is 16.7 Å². The minimum Gasteiger partial charge on any atom is -0.477 e. The molecule has 94 valence electrons. The van der Waals surface area contributed by atoms with E-state index in [1.807, 2.05) is 4.98 Å². The Morgan fingerprint density at radius 1 is 1.53 bits per heavy atom. The molecular formula is C8H5ClF3NO4. The lowest BCUT2D eigenvalue weighted by molar-refractivity contribution is -0.276. The number of alkyl halides is 4. The molecular weight excluding hydrogens is 267 g/mol. The molecule has 0 aliphatic heterocycles. The number of ether oxygens (including phenoxy) is 1. The zero-order valence-corrected chi connectivity index (χ0v) is 8.72. The molecule has 9 heteroatoms. The number of aromatic nitrogens is 1. The highest BCUT2D eigenvalue weighted by molar-refractivity contribution is 6.17. The first kappa shape index (κ1) is 13.4. The zero-order valence-electron chi connectivity index (χ0n) is 7.97. The van der Waals surface area contributed by atoms with Crippen molar-refractivity contribution in [3.8, 4) is 5.88 Å². The van der Waals surface area contributed by atoms with Crippen molar-refractivity contribution in [3.63, 3.8) is 0 Å². The van der Waals surface area contributed by atoms with Gasteiger partial charge in [-0.05, 0) is 0 Å². The average Bonchev–Trinajstić information content (AvgIpc) is 2.12. The van der Waals surface area contributed by atoms with E-state index in [-0.39, 0.29) is 5.69 Å². The van der Waals surface area contributed by atoms with Gasteiger partial charge in [-0.25, -0.2) is 4.79 Å². The maximum absolute atomic E-state index is 11.9. The molecule has 17 heavy (non-hydrogen) atoms. The number of carboxylic acids is 1. The van der Waals surface area contributed by atoms with Crippen molar-refractivity contribution in [2.75, 3.05) is 0 Å². The van der Waals surface area contributed by atoms with E-state index in [2.05, 4.69) is 4.74 Å². The maximum atomic E-state index is 11.9. The topological polar surface area (TPSA) is 79.4 Å². The lowest BCUT2D eigenvalue weighted by Crippen LogP contribution is -2.23. The molecule has 0 aliphatic rings. The molecule has 0 aromatic carbocycles. The van der Waals surface area contributed by atoms with Crippen molar-refractivity contribution in [3.05, 3.63) is 27.5 Å². The summed E-state index contributed by atoms with van der Waals surface area (Å²) in [5.41, 5.74) is -2.19. The summed E-state index contributed by atoms with van der Waals surface area (Å²) in [5, 5.41) is 8.66. The fraction of sp³-hybridized carbons (Fsp3) is 0.250. The summed E-state index contributed by atoms with van der Waals surface area (Å²) in [6.45, 7) is 0. The number of carbonyl (C=O) groups is 1. The SMILES string of the molecule is O=C(O)c1c(CCl)[nH]c(OC(F)(F)F)cc1=O. The lowest BCUT2D eigenvalue weighted by atomic mass is 10.2. The summed E-state index contributed by atoms with van der Waals surface area (Å²) < 4.78 is 39.1. The first-order valence-corrected chi connectivity index (χ1v) is 4.59. The second-order valence-electron chi connectivity index (χ2n) is 2.84. The van der Waals surface area contributed by atoms with Crippen LogP contribution in [-0.2, 0) is 5.88 Å². The number of carboxylic acid groups (broad SMARTS) is 1. The number of H-pyrrole nitrogens is 1. The second-order valence-corrected chi connectivity index (χ2v) is 3.11. The largest absolute Gasteiger partial charge is 0.574 e. The summed E-state index contributed by atoms with van der Waals surface area (Å²) in [6.07, 6.45) is -4.99. The predicted octanol–water partition coefficient (Wildman–Crippen LogP) is 1.71. The van der Waals surface area contributed by atoms with E-state index in [9.17, 15) is 22.8 Å². The Balaban J connectivity index is 3.28. The molecule has 1 heterocycles. The van der Waals surface area contributed by atoms with Crippen LogP contribution in [0, 0.1) is 0 Å². The number of pyridine rings is 1. The van der Waals surface area contributed by atoms with Crippen LogP contribution in [0.1, 0.15) is 16.1 Å². The van der Waals surface area contributed by atoms with Gasteiger partial charge in [0.15, 0.2) is 5.43 Å². The van der Waals surface area contributed by atoms with Gasteiger partial charge in [0.25, 0.3) is 0 Å². The van der Waals surface area contributed by atoms with Gasteiger partial charge in [-0.3, -0.25) is 4.79 Å². The first-order chi connectivity index (χ1) is 7.74. The summed E-state index contributed by atoms with van der Waals surface area (Å²) >= 11 is 5.32. The van der Waals surface area contributed by atoms with Crippen molar-refractivity contribution >= 4 is 17.6 Å². The van der Waals surface area contributed by atoms with Crippen molar-refractivity contribution in [2.45, 2.75) is 12.2 Å². The van der Waals surface area contributed by atoms with Crippen molar-refractivity contribution in [1.82, 2.24) is 4.98 Å². The third kappa shape index (κ3) is 3.38. The Hall–Kier alpha value is -1.70. The summed E-state index contributed by atoms with van der Waals surface area (Å²) in [4.78, 5) is 23.9. The Morgan fingerprint density at radius 3 is 2.53 bits per heavy atom. The molecule has 0 amide bonds.